The summed E-state index contributed by atoms with van der Waals surface area (Å²) in [5.41, 5.74) is 2.63. The van der Waals surface area contributed by atoms with Crippen molar-refractivity contribution in [3.05, 3.63) is 23.0 Å². The number of carbonyl (C=O) groups is 2. The highest BCUT2D eigenvalue weighted by Gasteiger charge is 2.22. The Labute approximate surface area is 140 Å². The van der Waals surface area contributed by atoms with Crippen LogP contribution in [0.1, 0.15) is 62.4 Å². The first-order valence-corrected chi connectivity index (χ1v) is 8.26. The second-order valence-electron chi connectivity index (χ2n) is 7.78. The number of aryl methyl sites for hydroxylation is 1. The molecule has 1 unspecified atom stereocenters. The smallest absolute Gasteiger partial charge is 0.275 e. The van der Waals surface area contributed by atoms with Gasteiger partial charge in [-0.25, -0.2) is 0 Å². The lowest BCUT2D eigenvalue weighted by Gasteiger charge is -2.21. The van der Waals surface area contributed by atoms with Gasteiger partial charge in [0, 0.05) is 28.5 Å². The van der Waals surface area contributed by atoms with Crippen molar-refractivity contribution in [2.45, 2.75) is 60.0 Å². The van der Waals surface area contributed by atoms with Crippen molar-refractivity contribution in [2.24, 2.45) is 0 Å². The normalized spacial score (nSPS) is 13.3. The van der Waals surface area contributed by atoms with Gasteiger partial charge >= 0.3 is 0 Å². The molecule has 0 spiro atoms. The lowest BCUT2D eigenvalue weighted by molar-refractivity contribution is -0.862. The van der Waals surface area contributed by atoms with Gasteiger partial charge in [0.2, 0.25) is 5.78 Å². The second-order valence-corrected chi connectivity index (χ2v) is 7.78. The number of amides is 1. The van der Waals surface area contributed by atoms with Crippen molar-refractivity contribution in [1.82, 2.24) is 9.88 Å². The Morgan fingerprint density at radius 1 is 1.22 bits per heavy atom. The molecule has 2 N–H and O–H groups in total. The zero-order valence-electron chi connectivity index (χ0n) is 15.8. The highest BCUT2D eigenvalue weighted by Crippen LogP contribution is 2.20. The van der Waals surface area contributed by atoms with Crippen LogP contribution in [0.2, 0.25) is 0 Å². The molecule has 0 aliphatic heterocycles. The molecule has 1 amide bonds. The summed E-state index contributed by atoms with van der Waals surface area (Å²) >= 11 is 0. The summed E-state index contributed by atoms with van der Waals surface area (Å²) in [5.74, 6) is 0.0570. The number of carbonyl (C=O) groups excluding carboxylic acids is 2. The van der Waals surface area contributed by atoms with Crippen molar-refractivity contribution < 1.29 is 14.5 Å². The van der Waals surface area contributed by atoms with Crippen LogP contribution in [0.4, 0.5) is 0 Å². The Morgan fingerprint density at radius 2 is 1.78 bits per heavy atom. The van der Waals surface area contributed by atoms with Crippen molar-refractivity contribution in [3.63, 3.8) is 0 Å². The van der Waals surface area contributed by atoms with Crippen LogP contribution < -0.4 is 10.2 Å². The lowest BCUT2D eigenvalue weighted by atomic mass is 10.1. The molecule has 1 heterocycles. The maximum absolute atomic E-state index is 12.6. The Bertz CT molecular complexity index is 580. The van der Waals surface area contributed by atoms with Gasteiger partial charge in [0.25, 0.3) is 5.91 Å². The third-order valence-corrected chi connectivity index (χ3v) is 3.74. The molecular formula is C18H32N3O2+. The molecular weight excluding hydrogens is 290 g/mol. The van der Waals surface area contributed by atoms with E-state index in [-0.39, 0.29) is 17.2 Å². The molecule has 0 saturated heterocycles. The molecule has 0 radical (unpaired) electrons. The Kier molecular flexibility index (Phi) is 6.17. The summed E-state index contributed by atoms with van der Waals surface area (Å²) in [6.45, 7) is 14.7. The molecule has 130 valence electrons. The summed E-state index contributed by atoms with van der Waals surface area (Å²) in [6.07, 6.45) is 0. The van der Waals surface area contributed by atoms with Crippen molar-refractivity contribution in [3.8, 4) is 0 Å². The van der Waals surface area contributed by atoms with Crippen LogP contribution in [0.5, 0.6) is 0 Å². The van der Waals surface area contributed by atoms with E-state index < -0.39 is 0 Å². The number of hydrogen-bond acceptors (Lipinski definition) is 2. The first kappa shape index (κ1) is 19.4. The molecule has 23 heavy (non-hydrogen) atoms. The van der Waals surface area contributed by atoms with E-state index in [0.29, 0.717) is 19.1 Å². The summed E-state index contributed by atoms with van der Waals surface area (Å²) in [7, 11) is 1.88. The van der Waals surface area contributed by atoms with Gasteiger partial charge in [0.1, 0.15) is 6.54 Å². The van der Waals surface area contributed by atoms with E-state index in [4.69, 9.17) is 0 Å². The van der Waals surface area contributed by atoms with Crippen molar-refractivity contribution >= 4 is 11.7 Å². The van der Waals surface area contributed by atoms with E-state index in [0.717, 1.165) is 21.9 Å². The molecule has 0 aliphatic rings. The largest absolute Gasteiger partial charge is 0.347 e. The molecule has 1 aromatic rings. The van der Waals surface area contributed by atoms with E-state index in [1.165, 1.54) is 0 Å². The van der Waals surface area contributed by atoms with Gasteiger partial charge in [-0.15, -0.1) is 0 Å². The van der Waals surface area contributed by atoms with Gasteiger partial charge in [0.15, 0.2) is 6.54 Å². The number of rotatable bonds is 6. The average molecular weight is 322 g/mol. The fraction of sp³-hybridized carbons (Fsp3) is 0.667. The van der Waals surface area contributed by atoms with Gasteiger partial charge in [-0.2, -0.15) is 0 Å². The Balaban J connectivity index is 2.73. The molecule has 1 aromatic heterocycles. The number of nitrogens with one attached hydrogen (secondary N) is 2. The fourth-order valence-electron chi connectivity index (χ4n) is 3.02. The van der Waals surface area contributed by atoms with Crippen LogP contribution in [-0.4, -0.2) is 41.9 Å². The van der Waals surface area contributed by atoms with Crippen LogP contribution >= 0.6 is 0 Å². The number of aromatic nitrogens is 1. The number of quaternary nitrogens is 1. The molecule has 0 saturated carbocycles. The number of ketones is 1. The number of nitrogens with zero attached hydrogens (tertiary/aromatic N) is 1. The van der Waals surface area contributed by atoms with Gasteiger partial charge in [-0.05, 0) is 54.5 Å². The molecule has 0 aromatic carbocycles. The summed E-state index contributed by atoms with van der Waals surface area (Å²) < 4.78 is 2.18. The first-order valence-electron chi connectivity index (χ1n) is 8.26. The number of Topliss-reactive ketones (excluding diaryl/α,β-unsaturated/α-hetero) is 1. The molecule has 0 bridgehead atoms. The minimum atomic E-state index is -0.246. The van der Waals surface area contributed by atoms with Gasteiger partial charge in [0.05, 0.1) is 7.05 Å². The minimum absolute atomic E-state index is 0.0320. The quantitative estimate of drug-likeness (QED) is 0.776. The van der Waals surface area contributed by atoms with Crippen molar-refractivity contribution in [1.29, 1.82) is 0 Å². The molecule has 1 atom stereocenters. The molecule has 0 fully saturated rings. The van der Waals surface area contributed by atoms with Crippen LogP contribution in [0.25, 0.3) is 0 Å². The Hall–Kier alpha value is -1.62. The van der Waals surface area contributed by atoms with Crippen LogP contribution in [0.15, 0.2) is 6.07 Å². The topological polar surface area (TPSA) is 55.5 Å². The third-order valence-electron chi connectivity index (χ3n) is 3.74. The van der Waals surface area contributed by atoms with E-state index in [2.05, 4.69) is 23.7 Å². The summed E-state index contributed by atoms with van der Waals surface area (Å²) in [6, 6.07) is 2.29. The number of hydrogen-bond donors (Lipinski definition) is 2. The highest BCUT2D eigenvalue weighted by atomic mass is 16.2. The molecule has 0 aliphatic carbocycles. The van der Waals surface area contributed by atoms with Gasteiger partial charge in [-0.1, -0.05) is 0 Å². The number of likely N-dealkylation sites (N-methyl/N-ethyl adjacent to an activating group) is 1. The zero-order chi connectivity index (χ0) is 17.9. The average Bonchev–Trinajstić information content (AvgIpc) is 2.61. The highest BCUT2D eigenvalue weighted by molar-refractivity contribution is 5.98. The SMILES string of the molecule is Cc1cc(C(=O)C[NH+](C)CC(=O)NC(C)(C)C)c(C)n1C(C)C. The van der Waals surface area contributed by atoms with E-state index in [1.807, 2.05) is 47.7 Å². The molecule has 1 rings (SSSR count). The van der Waals surface area contributed by atoms with Crippen LogP contribution in [0, 0.1) is 13.8 Å². The van der Waals surface area contributed by atoms with E-state index in [9.17, 15) is 9.59 Å². The standard InChI is InChI=1S/C18H31N3O2/c1-12(2)21-13(3)9-15(14(21)4)16(22)10-20(8)11-17(23)19-18(5,6)7/h9,12H,10-11H2,1-8H3,(H,19,23)/p+1. The van der Waals surface area contributed by atoms with E-state index in [1.54, 1.807) is 0 Å². The predicted molar refractivity (Wildman–Crippen MR) is 93.1 cm³/mol. The second kappa shape index (κ2) is 7.30. The maximum Gasteiger partial charge on any atom is 0.275 e. The predicted octanol–water partition coefficient (Wildman–Crippen LogP) is 1.30. The lowest BCUT2D eigenvalue weighted by Crippen LogP contribution is -3.11. The Morgan fingerprint density at radius 3 is 2.22 bits per heavy atom. The van der Waals surface area contributed by atoms with Gasteiger partial charge in [-0.3, -0.25) is 9.59 Å². The maximum atomic E-state index is 12.6. The van der Waals surface area contributed by atoms with E-state index >= 15 is 0 Å². The monoisotopic (exact) mass is 322 g/mol. The minimum Gasteiger partial charge on any atom is -0.347 e. The molecule has 5 heteroatoms. The third kappa shape index (κ3) is 5.50. The fourth-order valence-corrected chi connectivity index (χ4v) is 3.02. The van der Waals surface area contributed by atoms with Gasteiger partial charge < -0.3 is 14.8 Å². The van der Waals surface area contributed by atoms with Crippen LogP contribution in [0.3, 0.4) is 0 Å². The molecule has 5 nitrogen and oxygen atoms in total. The van der Waals surface area contributed by atoms with Crippen molar-refractivity contribution in [2.75, 3.05) is 20.1 Å². The summed E-state index contributed by atoms with van der Waals surface area (Å²) in [4.78, 5) is 25.4. The zero-order valence-corrected chi connectivity index (χ0v) is 15.8. The first-order chi connectivity index (χ1) is 10.4. The summed E-state index contributed by atoms with van der Waals surface area (Å²) in [5, 5.41) is 2.93. The van der Waals surface area contributed by atoms with Crippen LogP contribution in [-0.2, 0) is 4.79 Å².